The van der Waals surface area contributed by atoms with E-state index in [4.69, 9.17) is 8.37 Å². The number of rotatable bonds is 2. The van der Waals surface area contributed by atoms with Gasteiger partial charge in [0.15, 0.2) is 0 Å². The van der Waals surface area contributed by atoms with Gasteiger partial charge in [-0.3, -0.25) is 0 Å². The van der Waals surface area contributed by atoms with E-state index in [9.17, 15) is 8.42 Å². The molecule has 2 aliphatic rings. The van der Waals surface area contributed by atoms with Crippen molar-refractivity contribution in [2.24, 2.45) is 5.92 Å². The van der Waals surface area contributed by atoms with Crippen LogP contribution in [0.5, 0.6) is 0 Å². The molecule has 2 fully saturated rings. The molecule has 0 aromatic carbocycles. The van der Waals surface area contributed by atoms with Gasteiger partial charge in [-0.25, -0.2) is 8.37 Å². The Morgan fingerprint density at radius 3 is 2.40 bits per heavy atom. The maximum Gasteiger partial charge on any atom is 0.400 e. The molecular formula is C9H15BrO4S. The number of hydrogen-bond acceptors (Lipinski definition) is 4. The van der Waals surface area contributed by atoms with E-state index in [0.717, 1.165) is 12.8 Å². The first kappa shape index (κ1) is 11.8. The fourth-order valence-electron chi connectivity index (χ4n) is 2.39. The average molecular weight is 299 g/mol. The van der Waals surface area contributed by atoms with Crippen LogP contribution in [0, 0.1) is 5.92 Å². The lowest BCUT2D eigenvalue weighted by atomic mass is 9.84. The minimum Gasteiger partial charge on any atom is -0.242 e. The summed E-state index contributed by atoms with van der Waals surface area (Å²) in [5.74, 6) is 0.332. The van der Waals surface area contributed by atoms with Crippen molar-refractivity contribution in [2.45, 2.75) is 44.3 Å². The van der Waals surface area contributed by atoms with E-state index in [2.05, 4.69) is 15.9 Å². The molecule has 1 aliphatic carbocycles. The first-order chi connectivity index (χ1) is 7.12. The molecule has 2 atom stereocenters. The van der Waals surface area contributed by atoms with Crippen molar-refractivity contribution in [1.29, 1.82) is 0 Å². The van der Waals surface area contributed by atoms with Gasteiger partial charge in [0.2, 0.25) is 0 Å². The molecule has 0 aromatic rings. The Balaban J connectivity index is 2.06. The lowest BCUT2D eigenvalue weighted by molar-refractivity contribution is 0.0909. The summed E-state index contributed by atoms with van der Waals surface area (Å²) in [7, 11) is -3.74. The Morgan fingerprint density at radius 1 is 1.13 bits per heavy atom. The van der Waals surface area contributed by atoms with Crippen LogP contribution in [0.1, 0.15) is 32.1 Å². The molecule has 0 aromatic heterocycles. The van der Waals surface area contributed by atoms with E-state index in [0.29, 0.717) is 11.2 Å². The quantitative estimate of drug-likeness (QED) is 0.732. The van der Waals surface area contributed by atoms with Crippen LogP contribution in [-0.4, -0.2) is 26.0 Å². The highest BCUT2D eigenvalue weighted by atomic mass is 79.9. The first-order valence-corrected chi connectivity index (χ1v) is 7.75. The van der Waals surface area contributed by atoms with Crippen molar-refractivity contribution in [3.8, 4) is 0 Å². The summed E-state index contributed by atoms with van der Waals surface area (Å²) in [6.07, 6.45) is 5.04. The Morgan fingerprint density at radius 2 is 1.80 bits per heavy atom. The number of hydrogen-bond donors (Lipinski definition) is 0. The van der Waals surface area contributed by atoms with Crippen LogP contribution in [0.15, 0.2) is 0 Å². The van der Waals surface area contributed by atoms with Gasteiger partial charge in [0, 0.05) is 5.33 Å². The lowest BCUT2D eigenvalue weighted by Gasteiger charge is -2.27. The average Bonchev–Trinajstić information content (AvgIpc) is 2.55. The monoisotopic (exact) mass is 298 g/mol. The smallest absolute Gasteiger partial charge is 0.242 e. The molecule has 0 spiro atoms. The van der Waals surface area contributed by atoms with E-state index in [1.807, 2.05) is 0 Å². The number of halogens is 1. The second-order valence-electron chi connectivity index (χ2n) is 4.16. The number of alkyl halides is 1. The maximum absolute atomic E-state index is 11.2. The van der Waals surface area contributed by atoms with Crippen molar-refractivity contribution < 1.29 is 16.8 Å². The van der Waals surface area contributed by atoms with Crippen LogP contribution in [0.25, 0.3) is 0 Å². The summed E-state index contributed by atoms with van der Waals surface area (Å²) < 4.78 is 32.3. The molecule has 6 heteroatoms. The highest BCUT2D eigenvalue weighted by Crippen LogP contribution is 2.35. The largest absolute Gasteiger partial charge is 0.400 e. The molecule has 1 saturated carbocycles. The minimum atomic E-state index is -3.74. The molecule has 0 amide bonds. The molecule has 88 valence electrons. The molecule has 0 radical (unpaired) electrons. The van der Waals surface area contributed by atoms with Gasteiger partial charge in [0.25, 0.3) is 0 Å². The molecule has 0 unspecified atom stereocenters. The Kier molecular flexibility index (Phi) is 3.70. The second-order valence-corrected chi connectivity index (χ2v) is 6.01. The Bertz CT molecular complexity index is 310. The van der Waals surface area contributed by atoms with E-state index >= 15 is 0 Å². The standard InChI is InChI=1S/C9H15BrO4S/c10-6-8-9(14-15(11,12)13-8)7-4-2-1-3-5-7/h7-9H,1-6H2/t8-,9-/m0/s1. The van der Waals surface area contributed by atoms with Gasteiger partial charge in [0.05, 0.1) is 0 Å². The molecular weight excluding hydrogens is 284 g/mol. The van der Waals surface area contributed by atoms with Gasteiger partial charge in [-0.2, -0.15) is 8.42 Å². The van der Waals surface area contributed by atoms with Gasteiger partial charge < -0.3 is 0 Å². The van der Waals surface area contributed by atoms with Crippen LogP contribution < -0.4 is 0 Å². The fraction of sp³-hybridized carbons (Fsp3) is 1.00. The summed E-state index contributed by atoms with van der Waals surface area (Å²) in [6.45, 7) is 0. The predicted molar refractivity (Wildman–Crippen MR) is 59.0 cm³/mol. The van der Waals surface area contributed by atoms with Crippen LogP contribution in [0.2, 0.25) is 0 Å². The summed E-state index contributed by atoms with van der Waals surface area (Å²) in [5, 5.41) is 0.507. The predicted octanol–water partition coefficient (Wildman–Crippen LogP) is 1.99. The van der Waals surface area contributed by atoms with Gasteiger partial charge in [-0.1, -0.05) is 35.2 Å². The minimum absolute atomic E-state index is 0.283. The molecule has 4 nitrogen and oxygen atoms in total. The Labute approximate surface area is 98.8 Å². The SMILES string of the molecule is O=S1(=O)O[C@@H](CBr)[C@H](C2CCCCC2)O1. The maximum atomic E-state index is 11.2. The lowest BCUT2D eigenvalue weighted by Crippen LogP contribution is -2.33. The van der Waals surface area contributed by atoms with Crippen LogP contribution in [0.4, 0.5) is 0 Å². The normalized spacial score (nSPS) is 36.9. The zero-order valence-corrected chi connectivity index (χ0v) is 10.8. The Hall–Kier alpha value is 0.350. The third-order valence-electron chi connectivity index (χ3n) is 3.10. The second kappa shape index (κ2) is 4.69. The van der Waals surface area contributed by atoms with Crippen molar-refractivity contribution in [3.63, 3.8) is 0 Å². The third-order valence-corrected chi connectivity index (χ3v) is 4.68. The van der Waals surface area contributed by atoms with Crippen LogP contribution in [-0.2, 0) is 18.8 Å². The molecule has 0 N–H and O–H groups in total. The highest BCUT2D eigenvalue weighted by Gasteiger charge is 2.43. The van der Waals surface area contributed by atoms with Crippen molar-refractivity contribution in [2.75, 3.05) is 5.33 Å². The van der Waals surface area contributed by atoms with Crippen LogP contribution in [0.3, 0.4) is 0 Å². The van der Waals surface area contributed by atoms with E-state index in [1.165, 1.54) is 19.3 Å². The fourth-order valence-corrected chi connectivity index (χ4v) is 4.14. The van der Waals surface area contributed by atoms with Gasteiger partial charge in [0.1, 0.15) is 12.2 Å². The van der Waals surface area contributed by atoms with E-state index in [1.54, 1.807) is 0 Å². The van der Waals surface area contributed by atoms with Crippen molar-refractivity contribution >= 4 is 26.3 Å². The van der Waals surface area contributed by atoms with Crippen molar-refractivity contribution in [1.82, 2.24) is 0 Å². The van der Waals surface area contributed by atoms with Gasteiger partial charge >= 0.3 is 10.4 Å². The summed E-state index contributed by atoms with van der Waals surface area (Å²) in [4.78, 5) is 0. The van der Waals surface area contributed by atoms with E-state index in [-0.39, 0.29) is 12.2 Å². The molecule has 1 saturated heterocycles. The third kappa shape index (κ3) is 2.72. The van der Waals surface area contributed by atoms with E-state index < -0.39 is 10.4 Å². The van der Waals surface area contributed by atoms with Gasteiger partial charge in [-0.15, -0.1) is 0 Å². The molecule has 1 aliphatic heterocycles. The molecule has 15 heavy (non-hydrogen) atoms. The highest BCUT2D eigenvalue weighted by molar-refractivity contribution is 9.09. The zero-order chi connectivity index (χ0) is 10.9. The summed E-state index contributed by atoms with van der Waals surface area (Å²) >= 11 is 3.27. The summed E-state index contributed by atoms with van der Waals surface area (Å²) in [5.41, 5.74) is 0. The van der Waals surface area contributed by atoms with Crippen LogP contribution >= 0.6 is 15.9 Å². The molecule has 2 rings (SSSR count). The van der Waals surface area contributed by atoms with Crippen molar-refractivity contribution in [3.05, 3.63) is 0 Å². The summed E-state index contributed by atoms with van der Waals surface area (Å²) in [6, 6.07) is 0. The zero-order valence-electron chi connectivity index (χ0n) is 8.39. The topological polar surface area (TPSA) is 52.6 Å². The molecule has 0 bridgehead atoms. The van der Waals surface area contributed by atoms with Gasteiger partial charge in [-0.05, 0) is 18.8 Å². The molecule has 1 heterocycles. The first-order valence-electron chi connectivity index (χ1n) is 5.30.